The molecule has 2 fully saturated rings. The lowest BCUT2D eigenvalue weighted by Gasteiger charge is -2.38. The van der Waals surface area contributed by atoms with Gasteiger partial charge in [-0.05, 0) is 38.7 Å². The average Bonchev–Trinajstić information content (AvgIpc) is 3.46. The van der Waals surface area contributed by atoms with Gasteiger partial charge in [-0.2, -0.15) is 9.61 Å². The number of carbonyl (C=O) groups excluding carboxylic acids is 2. The molecule has 2 aliphatic rings. The lowest BCUT2D eigenvalue weighted by atomic mass is 9.85. The molecule has 2 amide bonds. The molecule has 3 N–H and O–H groups in total. The van der Waals surface area contributed by atoms with Gasteiger partial charge in [0, 0.05) is 47.9 Å². The molecular formula is C28H29N7O2. The Hall–Kier alpha value is -4.27. The van der Waals surface area contributed by atoms with Crippen LogP contribution in [0.25, 0.3) is 28.0 Å². The van der Waals surface area contributed by atoms with Crippen LogP contribution in [-0.2, 0) is 0 Å². The van der Waals surface area contributed by atoms with Crippen molar-refractivity contribution in [3.8, 4) is 22.4 Å². The number of ketones is 1. The maximum Gasteiger partial charge on any atom is 0.317 e. The highest BCUT2D eigenvalue weighted by Crippen LogP contribution is 2.44. The van der Waals surface area contributed by atoms with Gasteiger partial charge in [-0.3, -0.25) is 9.78 Å². The minimum Gasteiger partial charge on any atom is -0.383 e. The summed E-state index contributed by atoms with van der Waals surface area (Å²) in [6.07, 6.45) is 6.96. The van der Waals surface area contributed by atoms with Crippen LogP contribution in [0.3, 0.4) is 0 Å². The van der Waals surface area contributed by atoms with Crippen LogP contribution < -0.4 is 11.1 Å². The number of urea groups is 1. The maximum atomic E-state index is 12.8. The van der Waals surface area contributed by atoms with Gasteiger partial charge in [0.25, 0.3) is 0 Å². The first kappa shape index (κ1) is 23.1. The van der Waals surface area contributed by atoms with Crippen LogP contribution in [-0.4, -0.2) is 55.4 Å². The molecular weight excluding hydrogens is 466 g/mol. The number of nitrogens with two attached hydrogens (primary N) is 1. The number of nitrogens with zero attached hydrogens (tertiary/aromatic N) is 5. The number of rotatable bonds is 4. The summed E-state index contributed by atoms with van der Waals surface area (Å²) in [7, 11) is 1.67. The number of nitrogen functional groups attached to an aromatic ring is 1. The number of fused-ring (bicyclic) bond motifs is 3. The molecule has 0 saturated carbocycles. The third kappa shape index (κ3) is 3.82. The highest BCUT2D eigenvalue weighted by molar-refractivity contribution is 6.00. The van der Waals surface area contributed by atoms with Gasteiger partial charge < -0.3 is 16.0 Å². The second-order valence-corrected chi connectivity index (χ2v) is 9.92. The minimum atomic E-state index is -0.131. The van der Waals surface area contributed by atoms with Crippen molar-refractivity contribution in [2.24, 2.45) is 0 Å². The van der Waals surface area contributed by atoms with E-state index in [-0.39, 0.29) is 29.8 Å². The van der Waals surface area contributed by atoms with Gasteiger partial charge in [0.05, 0.1) is 23.1 Å². The van der Waals surface area contributed by atoms with E-state index < -0.39 is 0 Å². The molecule has 9 nitrogen and oxygen atoms in total. The maximum absolute atomic E-state index is 12.8. The number of anilines is 1. The molecule has 0 aliphatic carbocycles. The number of benzene rings is 1. The number of hydrogen-bond donors (Lipinski definition) is 2. The van der Waals surface area contributed by atoms with Gasteiger partial charge in [-0.15, -0.1) is 0 Å². The van der Waals surface area contributed by atoms with E-state index in [1.54, 1.807) is 17.8 Å². The topological polar surface area (TPSA) is 119 Å². The first-order valence-corrected chi connectivity index (χ1v) is 12.7. The van der Waals surface area contributed by atoms with Crippen LogP contribution in [0.4, 0.5) is 10.6 Å². The Kier molecular flexibility index (Phi) is 5.62. The summed E-state index contributed by atoms with van der Waals surface area (Å²) >= 11 is 0. The Morgan fingerprint density at radius 1 is 1.00 bits per heavy atom. The Labute approximate surface area is 214 Å². The van der Waals surface area contributed by atoms with Crippen LogP contribution in [0.15, 0.2) is 54.9 Å². The Balaban J connectivity index is 1.41. The summed E-state index contributed by atoms with van der Waals surface area (Å²) in [4.78, 5) is 36.9. The molecule has 0 spiro atoms. The molecule has 9 heteroatoms. The van der Waals surface area contributed by atoms with E-state index in [1.165, 1.54) is 6.92 Å². The number of hydrogen-bond acceptors (Lipinski definition) is 6. The summed E-state index contributed by atoms with van der Waals surface area (Å²) in [5.74, 6) is 0.202. The predicted molar refractivity (Wildman–Crippen MR) is 141 cm³/mol. The van der Waals surface area contributed by atoms with Crippen LogP contribution >= 0.6 is 0 Å². The fourth-order valence-corrected chi connectivity index (χ4v) is 6.09. The Morgan fingerprint density at radius 3 is 2.35 bits per heavy atom. The quantitative estimate of drug-likeness (QED) is 0.408. The van der Waals surface area contributed by atoms with E-state index in [0.29, 0.717) is 22.7 Å². The Bertz CT molecular complexity index is 1480. The molecule has 6 rings (SSSR count). The standard InChI is InChI=1S/C28H29N7O2/c1-16(36)24-25(19-12-20-9-10-21(13-19)34(20)28(37)30-2)33-27-22(15-32-35(27)26(24)29)18-8-11-23(31-14-18)17-6-4-3-5-7-17/h3-8,11,14-15,19-21H,9-10,12-13,29H2,1-2H3,(H,30,37)/t19-,20+,21?/m1/s1. The lowest BCUT2D eigenvalue weighted by molar-refractivity contribution is 0.101. The zero-order valence-corrected chi connectivity index (χ0v) is 20.9. The van der Waals surface area contributed by atoms with Crippen molar-refractivity contribution in [3.63, 3.8) is 0 Å². The van der Waals surface area contributed by atoms with E-state index in [2.05, 4.69) is 15.4 Å². The normalized spacial score (nSPS) is 20.8. The van der Waals surface area contributed by atoms with Crippen molar-refractivity contribution >= 4 is 23.3 Å². The number of amides is 2. The molecule has 3 atom stereocenters. The monoisotopic (exact) mass is 495 g/mol. The smallest absolute Gasteiger partial charge is 0.317 e. The first-order valence-electron chi connectivity index (χ1n) is 12.7. The second kappa shape index (κ2) is 8.99. The number of carbonyl (C=O) groups is 2. The van der Waals surface area contributed by atoms with E-state index in [1.807, 2.05) is 53.6 Å². The van der Waals surface area contributed by atoms with Crippen LogP contribution in [0.2, 0.25) is 0 Å². The molecule has 2 bridgehead atoms. The van der Waals surface area contributed by atoms with Crippen molar-refractivity contribution in [2.45, 2.75) is 50.6 Å². The molecule has 2 saturated heterocycles. The number of nitrogens with one attached hydrogen (secondary N) is 1. The van der Waals surface area contributed by atoms with Crippen LogP contribution in [0.5, 0.6) is 0 Å². The highest BCUT2D eigenvalue weighted by Gasteiger charge is 2.44. The number of Topliss-reactive ketones (excluding diaryl/α,β-unsaturated/α-hetero) is 1. The molecule has 0 radical (unpaired) electrons. The third-order valence-corrected chi connectivity index (χ3v) is 7.77. The lowest BCUT2D eigenvalue weighted by Crippen LogP contribution is -2.49. The van der Waals surface area contributed by atoms with Gasteiger partial charge in [0.1, 0.15) is 5.82 Å². The molecule has 5 heterocycles. The van der Waals surface area contributed by atoms with Crippen molar-refractivity contribution in [1.82, 2.24) is 29.8 Å². The van der Waals surface area contributed by atoms with E-state index in [0.717, 1.165) is 48.1 Å². The average molecular weight is 496 g/mol. The van der Waals surface area contributed by atoms with Gasteiger partial charge in [0.15, 0.2) is 11.4 Å². The fourth-order valence-electron chi connectivity index (χ4n) is 6.09. The Morgan fingerprint density at radius 2 is 1.73 bits per heavy atom. The zero-order chi connectivity index (χ0) is 25.7. The minimum absolute atomic E-state index is 0.0333. The van der Waals surface area contributed by atoms with Crippen molar-refractivity contribution in [3.05, 3.63) is 66.1 Å². The molecule has 3 aromatic heterocycles. The zero-order valence-electron chi connectivity index (χ0n) is 20.9. The number of piperidine rings is 1. The van der Waals surface area contributed by atoms with Crippen LogP contribution in [0, 0.1) is 0 Å². The SMILES string of the molecule is CNC(=O)N1C2CC[C@H]1C[C@@H](c1nc3c(-c4ccc(-c5ccccc5)nc4)cnn3c(N)c1C(C)=O)C2. The summed E-state index contributed by atoms with van der Waals surface area (Å²) in [6, 6.07) is 14.2. The molecule has 2 aliphatic heterocycles. The predicted octanol–water partition coefficient (Wildman–Crippen LogP) is 4.29. The van der Waals surface area contributed by atoms with Gasteiger partial charge in [-0.25, -0.2) is 9.78 Å². The van der Waals surface area contributed by atoms with Crippen LogP contribution in [0.1, 0.15) is 54.6 Å². The third-order valence-electron chi connectivity index (χ3n) is 7.77. The number of aromatic nitrogens is 4. The summed E-state index contributed by atoms with van der Waals surface area (Å²) in [5.41, 5.74) is 11.9. The highest BCUT2D eigenvalue weighted by atomic mass is 16.2. The molecule has 37 heavy (non-hydrogen) atoms. The van der Waals surface area contributed by atoms with E-state index in [9.17, 15) is 9.59 Å². The molecule has 1 unspecified atom stereocenters. The van der Waals surface area contributed by atoms with Crippen molar-refractivity contribution in [2.75, 3.05) is 12.8 Å². The largest absolute Gasteiger partial charge is 0.383 e. The van der Waals surface area contributed by atoms with Gasteiger partial charge >= 0.3 is 6.03 Å². The van der Waals surface area contributed by atoms with Gasteiger partial charge in [0.2, 0.25) is 0 Å². The van der Waals surface area contributed by atoms with E-state index >= 15 is 0 Å². The van der Waals surface area contributed by atoms with Crippen molar-refractivity contribution in [1.29, 1.82) is 0 Å². The number of pyridine rings is 1. The molecule has 4 aromatic rings. The summed E-state index contributed by atoms with van der Waals surface area (Å²) < 4.78 is 1.55. The van der Waals surface area contributed by atoms with Gasteiger partial charge in [-0.1, -0.05) is 36.4 Å². The summed E-state index contributed by atoms with van der Waals surface area (Å²) in [6.45, 7) is 1.52. The first-order chi connectivity index (χ1) is 18.0. The fraction of sp³-hybridized carbons (Fsp3) is 0.321. The second-order valence-electron chi connectivity index (χ2n) is 9.92. The summed E-state index contributed by atoms with van der Waals surface area (Å²) in [5, 5.41) is 7.25. The molecule has 188 valence electrons. The molecule has 1 aromatic carbocycles. The van der Waals surface area contributed by atoms with Crippen molar-refractivity contribution < 1.29 is 9.59 Å². The van der Waals surface area contributed by atoms with E-state index in [4.69, 9.17) is 10.7 Å².